The highest BCUT2D eigenvalue weighted by Crippen LogP contribution is 2.20. The average Bonchev–Trinajstić information content (AvgIpc) is 3.36. The maximum absolute atomic E-state index is 12.2. The van der Waals surface area contributed by atoms with E-state index in [9.17, 15) is 9.59 Å². The molecule has 2 heterocycles. The summed E-state index contributed by atoms with van der Waals surface area (Å²) < 4.78 is 5.12. The molecule has 0 atom stereocenters. The third-order valence-electron chi connectivity index (χ3n) is 3.82. The van der Waals surface area contributed by atoms with Gasteiger partial charge >= 0.3 is 6.03 Å². The molecule has 3 rings (SSSR count). The Morgan fingerprint density at radius 3 is 2.58 bits per heavy atom. The van der Waals surface area contributed by atoms with Crippen molar-refractivity contribution in [2.24, 2.45) is 0 Å². The van der Waals surface area contributed by atoms with E-state index in [-0.39, 0.29) is 11.8 Å². The SMILES string of the molecule is O=C(NCCCc1ccccc1)NCc1ccc(C(=O)c2ccco2)s1. The van der Waals surface area contributed by atoms with E-state index >= 15 is 0 Å². The lowest BCUT2D eigenvalue weighted by Gasteiger charge is -2.06. The summed E-state index contributed by atoms with van der Waals surface area (Å²) in [6.45, 7) is 1.01. The number of aryl methyl sites for hydroxylation is 1. The molecule has 0 aliphatic heterocycles. The highest BCUT2D eigenvalue weighted by Gasteiger charge is 2.14. The van der Waals surface area contributed by atoms with Crippen LogP contribution in [0.3, 0.4) is 0 Å². The van der Waals surface area contributed by atoms with Gasteiger partial charge in [0.2, 0.25) is 5.78 Å². The molecule has 5 nitrogen and oxygen atoms in total. The number of urea groups is 1. The molecule has 2 N–H and O–H groups in total. The van der Waals surface area contributed by atoms with Gasteiger partial charge in [0.15, 0.2) is 5.76 Å². The molecule has 0 saturated carbocycles. The Morgan fingerprint density at radius 1 is 0.962 bits per heavy atom. The number of amides is 2. The van der Waals surface area contributed by atoms with Gasteiger partial charge in [-0.2, -0.15) is 0 Å². The number of ketones is 1. The third kappa shape index (κ3) is 5.07. The van der Waals surface area contributed by atoms with Crippen LogP contribution in [0.5, 0.6) is 0 Å². The molecule has 0 aliphatic rings. The van der Waals surface area contributed by atoms with E-state index in [1.165, 1.54) is 23.2 Å². The quantitative estimate of drug-likeness (QED) is 0.466. The fourth-order valence-corrected chi connectivity index (χ4v) is 3.39. The molecular weight excluding hydrogens is 348 g/mol. The van der Waals surface area contributed by atoms with Crippen LogP contribution in [0, 0.1) is 0 Å². The molecule has 0 aliphatic carbocycles. The van der Waals surface area contributed by atoms with Crippen LogP contribution in [0.2, 0.25) is 0 Å². The molecule has 0 fully saturated rings. The molecule has 2 amide bonds. The van der Waals surface area contributed by atoms with E-state index in [1.54, 1.807) is 18.2 Å². The van der Waals surface area contributed by atoms with E-state index in [0.29, 0.717) is 23.7 Å². The molecule has 1 aromatic carbocycles. The van der Waals surface area contributed by atoms with Crippen LogP contribution in [0.25, 0.3) is 0 Å². The predicted octanol–water partition coefficient (Wildman–Crippen LogP) is 4.00. The Morgan fingerprint density at radius 2 is 1.81 bits per heavy atom. The average molecular weight is 368 g/mol. The zero-order valence-corrected chi connectivity index (χ0v) is 15.1. The Kier molecular flexibility index (Phi) is 6.22. The number of carbonyl (C=O) groups is 2. The molecule has 2 aromatic heterocycles. The van der Waals surface area contributed by atoms with E-state index < -0.39 is 0 Å². The fourth-order valence-electron chi connectivity index (χ4n) is 2.49. The molecule has 3 aromatic rings. The van der Waals surface area contributed by atoms with Gasteiger partial charge in [0.05, 0.1) is 17.7 Å². The van der Waals surface area contributed by atoms with Crippen LogP contribution in [0.4, 0.5) is 4.79 Å². The van der Waals surface area contributed by atoms with Crippen LogP contribution >= 0.6 is 11.3 Å². The number of nitrogens with one attached hydrogen (secondary N) is 2. The van der Waals surface area contributed by atoms with Crippen molar-refractivity contribution in [1.82, 2.24) is 10.6 Å². The first-order chi connectivity index (χ1) is 12.7. The number of furan rings is 1. The standard InChI is InChI=1S/C20H20N2O3S/c23-19(17-9-5-13-25-17)18-11-10-16(26-18)14-22-20(24)21-12-4-8-15-6-2-1-3-7-15/h1-3,5-7,9-11,13H,4,8,12,14H2,(H2,21,22,24). The second kappa shape index (κ2) is 9.01. The van der Waals surface area contributed by atoms with Crippen molar-refractivity contribution in [2.45, 2.75) is 19.4 Å². The summed E-state index contributed by atoms with van der Waals surface area (Å²) in [4.78, 5) is 25.5. The molecule has 0 bridgehead atoms. The van der Waals surface area contributed by atoms with Gasteiger partial charge in [-0.05, 0) is 42.7 Å². The minimum atomic E-state index is -0.203. The van der Waals surface area contributed by atoms with Gasteiger partial charge in [0.25, 0.3) is 0 Å². The number of hydrogen-bond donors (Lipinski definition) is 2. The van der Waals surface area contributed by atoms with Gasteiger partial charge in [0.1, 0.15) is 0 Å². The van der Waals surface area contributed by atoms with Crippen molar-refractivity contribution in [3.05, 3.63) is 81.9 Å². The number of rotatable bonds is 8. The topological polar surface area (TPSA) is 71.3 Å². The monoisotopic (exact) mass is 368 g/mol. The molecule has 26 heavy (non-hydrogen) atoms. The number of thiophene rings is 1. The largest absolute Gasteiger partial charge is 0.461 e. The van der Waals surface area contributed by atoms with Gasteiger partial charge < -0.3 is 15.1 Å². The number of benzene rings is 1. The number of hydrogen-bond acceptors (Lipinski definition) is 4. The van der Waals surface area contributed by atoms with Crippen molar-refractivity contribution in [3.8, 4) is 0 Å². The van der Waals surface area contributed by atoms with E-state index in [4.69, 9.17) is 4.42 Å². The number of carbonyl (C=O) groups excluding carboxylic acids is 2. The van der Waals surface area contributed by atoms with Gasteiger partial charge in [0, 0.05) is 11.4 Å². The molecule has 0 radical (unpaired) electrons. The van der Waals surface area contributed by atoms with E-state index in [1.807, 2.05) is 24.3 Å². The van der Waals surface area contributed by atoms with Crippen molar-refractivity contribution >= 4 is 23.2 Å². The van der Waals surface area contributed by atoms with Crippen molar-refractivity contribution in [1.29, 1.82) is 0 Å². The maximum Gasteiger partial charge on any atom is 0.315 e. The summed E-state index contributed by atoms with van der Waals surface area (Å²) >= 11 is 1.35. The highest BCUT2D eigenvalue weighted by molar-refractivity contribution is 7.14. The highest BCUT2D eigenvalue weighted by atomic mass is 32.1. The second-order valence-corrected chi connectivity index (χ2v) is 6.94. The fraction of sp³-hybridized carbons (Fsp3) is 0.200. The smallest absolute Gasteiger partial charge is 0.315 e. The molecule has 0 spiro atoms. The van der Waals surface area contributed by atoms with Crippen LogP contribution in [0.15, 0.2) is 65.3 Å². The van der Waals surface area contributed by atoms with Gasteiger partial charge in [-0.15, -0.1) is 11.3 Å². The Bertz CT molecular complexity index is 841. The maximum atomic E-state index is 12.2. The first-order valence-electron chi connectivity index (χ1n) is 8.45. The second-order valence-electron chi connectivity index (χ2n) is 5.77. The zero-order chi connectivity index (χ0) is 18.2. The molecular formula is C20H20N2O3S. The van der Waals surface area contributed by atoms with Crippen LogP contribution in [-0.4, -0.2) is 18.4 Å². The Labute approximate surface area is 156 Å². The van der Waals surface area contributed by atoms with Crippen molar-refractivity contribution < 1.29 is 14.0 Å². The summed E-state index contributed by atoms with van der Waals surface area (Å²) in [5.41, 5.74) is 1.27. The molecule has 6 heteroatoms. The van der Waals surface area contributed by atoms with Crippen LogP contribution < -0.4 is 10.6 Å². The summed E-state index contributed by atoms with van der Waals surface area (Å²) in [5.74, 6) is 0.180. The predicted molar refractivity (Wildman–Crippen MR) is 101 cm³/mol. The van der Waals surface area contributed by atoms with Gasteiger partial charge in [-0.25, -0.2) is 4.79 Å². The minimum absolute atomic E-state index is 0.142. The molecule has 0 saturated heterocycles. The normalized spacial score (nSPS) is 10.5. The van der Waals surface area contributed by atoms with E-state index in [0.717, 1.165) is 17.7 Å². The van der Waals surface area contributed by atoms with Gasteiger partial charge in [-0.1, -0.05) is 30.3 Å². The van der Waals surface area contributed by atoms with Crippen molar-refractivity contribution in [3.63, 3.8) is 0 Å². The lowest BCUT2D eigenvalue weighted by molar-refractivity contribution is 0.101. The van der Waals surface area contributed by atoms with Crippen molar-refractivity contribution in [2.75, 3.05) is 6.54 Å². The zero-order valence-electron chi connectivity index (χ0n) is 14.2. The minimum Gasteiger partial charge on any atom is -0.461 e. The summed E-state index contributed by atoms with van der Waals surface area (Å²) in [6, 6.07) is 16.9. The molecule has 0 unspecified atom stereocenters. The summed E-state index contributed by atoms with van der Waals surface area (Å²) in [6.07, 6.45) is 3.30. The Hall–Kier alpha value is -2.86. The van der Waals surface area contributed by atoms with Crippen LogP contribution in [0.1, 0.15) is 32.3 Å². The third-order valence-corrected chi connectivity index (χ3v) is 4.91. The summed E-state index contributed by atoms with van der Waals surface area (Å²) in [5, 5.41) is 5.66. The lowest BCUT2D eigenvalue weighted by atomic mass is 10.1. The first kappa shape index (κ1) is 17.9. The van der Waals surface area contributed by atoms with E-state index in [2.05, 4.69) is 22.8 Å². The van der Waals surface area contributed by atoms with Gasteiger partial charge in [-0.3, -0.25) is 4.79 Å². The summed E-state index contributed by atoms with van der Waals surface area (Å²) in [7, 11) is 0. The molecule has 134 valence electrons. The Balaban J connectivity index is 1.37. The lowest BCUT2D eigenvalue weighted by Crippen LogP contribution is -2.35. The van der Waals surface area contributed by atoms with Crippen LogP contribution in [-0.2, 0) is 13.0 Å². The first-order valence-corrected chi connectivity index (χ1v) is 9.26.